The highest BCUT2D eigenvalue weighted by Crippen LogP contribution is 2.43. The first kappa shape index (κ1) is 19.3. The molecule has 1 fully saturated rings. The number of hydrogen-bond donors (Lipinski definition) is 0. The minimum atomic E-state index is -0.309. The maximum atomic E-state index is 7.71. The summed E-state index contributed by atoms with van der Waals surface area (Å²) in [6.07, 6.45) is 4.25. The molecule has 0 spiro atoms. The third-order valence-electron chi connectivity index (χ3n) is 6.33. The van der Waals surface area contributed by atoms with Gasteiger partial charge in [0.05, 0.1) is 5.69 Å². The Bertz CT molecular complexity index is 1050. The summed E-state index contributed by atoms with van der Waals surface area (Å²) in [4.78, 5) is 6.22. The second kappa shape index (κ2) is 7.40. The molecule has 0 atom stereocenters. The van der Waals surface area contributed by atoms with Gasteiger partial charge < -0.3 is 14.3 Å². The van der Waals surface area contributed by atoms with Crippen LogP contribution in [0.4, 0.5) is 11.4 Å². The predicted molar refractivity (Wildman–Crippen MR) is 117 cm³/mol. The second-order valence-corrected chi connectivity index (χ2v) is 8.16. The van der Waals surface area contributed by atoms with E-state index < -0.39 is 0 Å². The van der Waals surface area contributed by atoms with Gasteiger partial charge in [-0.05, 0) is 75.1 Å². The largest absolute Gasteiger partial charge is 0.361 e. The van der Waals surface area contributed by atoms with Crippen molar-refractivity contribution in [3.8, 4) is 11.1 Å². The minimum Gasteiger partial charge on any atom is -0.361 e. The lowest BCUT2D eigenvalue weighted by Crippen LogP contribution is -2.17. The Labute approximate surface area is 173 Å². The summed E-state index contributed by atoms with van der Waals surface area (Å²) in [7, 11) is 2.09. The standard InChI is InChI=1S/C25H27N3O/c1-17-8-9-20(24-18(2)27-29-19(24)3)16-23(17)28(5)22-12-10-21(11-13-22)25(26-4)14-6-7-15-25/h8-13,16H,6-7,14-15H2,1-3,5H3. The van der Waals surface area contributed by atoms with E-state index in [1.165, 1.54) is 5.56 Å². The number of benzene rings is 2. The molecule has 0 unspecified atom stereocenters. The van der Waals surface area contributed by atoms with Crippen LogP contribution in [0.15, 0.2) is 47.0 Å². The Hall–Kier alpha value is -3.06. The van der Waals surface area contributed by atoms with Gasteiger partial charge >= 0.3 is 0 Å². The Balaban J connectivity index is 1.67. The Morgan fingerprint density at radius 1 is 1.03 bits per heavy atom. The van der Waals surface area contributed by atoms with E-state index in [1.807, 2.05) is 13.8 Å². The van der Waals surface area contributed by atoms with Crippen molar-refractivity contribution in [1.29, 1.82) is 0 Å². The number of hydrogen-bond acceptors (Lipinski definition) is 3. The molecular weight excluding hydrogens is 358 g/mol. The van der Waals surface area contributed by atoms with E-state index in [1.54, 1.807) is 0 Å². The monoisotopic (exact) mass is 385 g/mol. The van der Waals surface area contributed by atoms with Gasteiger partial charge in [-0.3, -0.25) is 0 Å². The molecule has 1 saturated carbocycles. The van der Waals surface area contributed by atoms with Crippen molar-refractivity contribution in [1.82, 2.24) is 5.16 Å². The minimum absolute atomic E-state index is 0.309. The molecule has 1 heterocycles. The van der Waals surface area contributed by atoms with Crippen molar-refractivity contribution in [3.63, 3.8) is 0 Å². The van der Waals surface area contributed by atoms with Crippen LogP contribution in [0.1, 0.15) is 48.3 Å². The fourth-order valence-corrected chi connectivity index (χ4v) is 4.58. The molecule has 148 valence electrons. The van der Waals surface area contributed by atoms with Gasteiger partial charge in [0.2, 0.25) is 0 Å². The maximum Gasteiger partial charge on any atom is 0.257 e. The van der Waals surface area contributed by atoms with Crippen LogP contribution in [0, 0.1) is 27.3 Å². The highest BCUT2D eigenvalue weighted by Gasteiger charge is 2.41. The van der Waals surface area contributed by atoms with Crippen LogP contribution in [-0.4, -0.2) is 12.2 Å². The molecule has 4 nitrogen and oxygen atoms in total. The normalized spacial score (nSPS) is 15.3. The van der Waals surface area contributed by atoms with Gasteiger partial charge in [0.25, 0.3) is 5.54 Å². The van der Waals surface area contributed by atoms with Crippen LogP contribution < -0.4 is 4.90 Å². The van der Waals surface area contributed by atoms with Crippen molar-refractivity contribution in [2.45, 2.75) is 52.0 Å². The summed E-state index contributed by atoms with van der Waals surface area (Å²) in [5.74, 6) is 0.838. The first-order chi connectivity index (χ1) is 13.9. The van der Waals surface area contributed by atoms with E-state index in [0.717, 1.165) is 65.2 Å². The number of aromatic nitrogens is 1. The lowest BCUT2D eigenvalue weighted by atomic mass is 9.89. The quantitative estimate of drug-likeness (QED) is 0.467. The molecule has 1 aromatic heterocycles. The summed E-state index contributed by atoms with van der Waals surface area (Å²) in [6, 6.07) is 15.0. The van der Waals surface area contributed by atoms with Crippen molar-refractivity contribution < 1.29 is 4.52 Å². The van der Waals surface area contributed by atoms with Crippen molar-refractivity contribution in [3.05, 3.63) is 76.5 Å². The summed E-state index contributed by atoms with van der Waals surface area (Å²) in [6.45, 7) is 13.8. The number of anilines is 2. The topological polar surface area (TPSA) is 33.6 Å². The van der Waals surface area contributed by atoms with Crippen LogP contribution in [0.25, 0.3) is 16.0 Å². The van der Waals surface area contributed by atoms with E-state index in [9.17, 15) is 0 Å². The second-order valence-electron chi connectivity index (χ2n) is 8.16. The lowest BCUT2D eigenvalue weighted by Gasteiger charge is -2.24. The lowest BCUT2D eigenvalue weighted by molar-refractivity contribution is 0.393. The first-order valence-corrected chi connectivity index (χ1v) is 10.2. The molecule has 1 aliphatic carbocycles. The van der Waals surface area contributed by atoms with E-state index in [4.69, 9.17) is 11.1 Å². The van der Waals surface area contributed by atoms with E-state index in [-0.39, 0.29) is 5.54 Å². The van der Waals surface area contributed by atoms with Crippen molar-refractivity contribution >= 4 is 11.4 Å². The van der Waals surface area contributed by atoms with Gasteiger partial charge in [-0.25, -0.2) is 6.57 Å². The molecule has 0 bridgehead atoms. The summed E-state index contributed by atoms with van der Waals surface area (Å²) >= 11 is 0. The molecule has 0 saturated heterocycles. The molecule has 0 aliphatic heterocycles. The van der Waals surface area contributed by atoms with Gasteiger partial charge in [-0.1, -0.05) is 17.3 Å². The van der Waals surface area contributed by atoms with Gasteiger partial charge in [-0.2, -0.15) is 0 Å². The fourth-order valence-electron chi connectivity index (χ4n) is 4.58. The van der Waals surface area contributed by atoms with Crippen LogP contribution in [0.3, 0.4) is 0 Å². The average Bonchev–Trinajstić information content (AvgIpc) is 3.36. The Morgan fingerprint density at radius 3 is 2.31 bits per heavy atom. The summed E-state index contributed by atoms with van der Waals surface area (Å²) in [5, 5.41) is 4.10. The van der Waals surface area contributed by atoms with Crippen molar-refractivity contribution in [2.24, 2.45) is 0 Å². The number of nitrogens with zero attached hydrogens (tertiary/aromatic N) is 3. The maximum absolute atomic E-state index is 7.71. The Morgan fingerprint density at radius 2 is 1.72 bits per heavy atom. The van der Waals surface area contributed by atoms with Crippen molar-refractivity contribution in [2.75, 3.05) is 11.9 Å². The molecular formula is C25H27N3O. The predicted octanol–water partition coefficient (Wildman–Crippen LogP) is 6.72. The zero-order valence-corrected chi connectivity index (χ0v) is 17.6. The van der Waals surface area contributed by atoms with E-state index in [0.29, 0.717) is 0 Å². The molecule has 4 rings (SSSR count). The number of rotatable bonds is 4. The molecule has 1 aliphatic rings. The van der Waals surface area contributed by atoms with E-state index in [2.05, 4.69) is 71.3 Å². The highest BCUT2D eigenvalue weighted by atomic mass is 16.5. The molecule has 2 aromatic carbocycles. The first-order valence-electron chi connectivity index (χ1n) is 10.2. The van der Waals surface area contributed by atoms with Gasteiger partial charge in [0, 0.05) is 42.4 Å². The SMILES string of the molecule is [C-]#[N+]C1(c2ccc(N(C)c3cc(-c4c(C)noc4C)ccc3C)cc2)CCCC1. The molecule has 29 heavy (non-hydrogen) atoms. The molecule has 0 N–H and O–H groups in total. The average molecular weight is 386 g/mol. The van der Waals surface area contributed by atoms with Gasteiger partial charge in [0.1, 0.15) is 5.76 Å². The molecule has 0 amide bonds. The third-order valence-corrected chi connectivity index (χ3v) is 6.33. The summed E-state index contributed by atoms with van der Waals surface area (Å²) < 4.78 is 5.36. The smallest absolute Gasteiger partial charge is 0.257 e. The van der Waals surface area contributed by atoms with E-state index >= 15 is 0 Å². The van der Waals surface area contributed by atoms with Crippen LogP contribution in [0.2, 0.25) is 0 Å². The fraction of sp³-hybridized carbons (Fsp3) is 0.360. The molecule has 4 heteroatoms. The number of aryl methyl sites for hydroxylation is 3. The van der Waals surface area contributed by atoms with Crippen LogP contribution in [-0.2, 0) is 5.54 Å². The highest BCUT2D eigenvalue weighted by molar-refractivity contribution is 5.76. The van der Waals surface area contributed by atoms with Crippen LogP contribution in [0.5, 0.6) is 0 Å². The third kappa shape index (κ3) is 3.31. The zero-order chi connectivity index (χ0) is 20.6. The molecule has 0 radical (unpaired) electrons. The molecule has 3 aromatic rings. The van der Waals surface area contributed by atoms with Gasteiger partial charge in [-0.15, -0.1) is 0 Å². The Kier molecular flexibility index (Phi) is 4.92. The van der Waals surface area contributed by atoms with Crippen LogP contribution >= 0.6 is 0 Å². The van der Waals surface area contributed by atoms with Gasteiger partial charge in [0.15, 0.2) is 0 Å². The zero-order valence-electron chi connectivity index (χ0n) is 17.6. The summed E-state index contributed by atoms with van der Waals surface area (Å²) in [5.41, 5.74) is 7.41.